The Morgan fingerprint density at radius 3 is 3.04 bits per heavy atom. The third kappa shape index (κ3) is 2.71. The largest absolute Gasteiger partial charge is 0.330 e. The lowest BCUT2D eigenvalue weighted by Gasteiger charge is -2.22. The van der Waals surface area contributed by atoms with Gasteiger partial charge in [0.05, 0.1) is 17.9 Å². The summed E-state index contributed by atoms with van der Waals surface area (Å²) >= 11 is 1.45. The van der Waals surface area contributed by atoms with Crippen molar-refractivity contribution in [2.45, 2.75) is 18.9 Å². The molecular weight excluding hydrogens is 322 g/mol. The summed E-state index contributed by atoms with van der Waals surface area (Å²) in [6, 6.07) is 5.78. The van der Waals surface area contributed by atoms with Gasteiger partial charge in [0.25, 0.3) is 5.91 Å². The molecule has 0 N–H and O–H groups in total. The van der Waals surface area contributed by atoms with Crippen LogP contribution in [0.4, 0.5) is 0 Å². The van der Waals surface area contributed by atoms with Crippen LogP contribution in [0.15, 0.2) is 42.2 Å². The van der Waals surface area contributed by atoms with Crippen LogP contribution in [-0.4, -0.2) is 37.1 Å². The van der Waals surface area contributed by atoms with E-state index >= 15 is 0 Å². The Balaban J connectivity index is 1.58. The second-order valence-electron chi connectivity index (χ2n) is 5.86. The molecule has 1 fully saturated rings. The van der Waals surface area contributed by atoms with Crippen LogP contribution < -0.4 is 0 Å². The Labute approximate surface area is 143 Å². The van der Waals surface area contributed by atoms with Crippen molar-refractivity contribution in [1.82, 2.24) is 24.6 Å². The van der Waals surface area contributed by atoms with Gasteiger partial charge in [-0.15, -0.1) is 11.3 Å². The molecule has 0 unspecified atom stereocenters. The summed E-state index contributed by atoms with van der Waals surface area (Å²) in [4.78, 5) is 23.6. The summed E-state index contributed by atoms with van der Waals surface area (Å²) in [7, 11) is 1.89. The molecule has 4 heterocycles. The molecule has 6 nitrogen and oxygen atoms in total. The average Bonchev–Trinajstić information content (AvgIpc) is 3.35. The predicted octanol–water partition coefficient (Wildman–Crippen LogP) is 2.92. The number of hydrogen-bond acceptors (Lipinski definition) is 5. The zero-order chi connectivity index (χ0) is 16.5. The monoisotopic (exact) mass is 339 g/mol. The van der Waals surface area contributed by atoms with E-state index in [4.69, 9.17) is 0 Å². The van der Waals surface area contributed by atoms with Crippen LogP contribution in [0.25, 0.3) is 10.7 Å². The molecule has 1 aliphatic rings. The number of likely N-dealkylation sites (tertiary alicyclic amines) is 1. The predicted molar refractivity (Wildman–Crippen MR) is 91.6 cm³/mol. The normalized spacial score (nSPS) is 17.4. The van der Waals surface area contributed by atoms with E-state index in [1.54, 1.807) is 10.9 Å². The highest BCUT2D eigenvalue weighted by atomic mass is 32.1. The molecule has 3 aromatic rings. The Hall–Kier alpha value is -2.54. The lowest BCUT2D eigenvalue weighted by molar-refractivity contribution is 0.0730. The first-order valence-corrected chi connectivity index (χ1v) is 8.77. The summed E-state index contributed by atoms with van der Waals surface area (Å²) < 4.78 is 1.78. The summed E-state index contributed by atoms with van der Waals surface area (Å²) in [5.41, 5.74) is 2.38. The number of carbonyl (C=O) groups excluding carboxylic acids is 1. The van der Waals surface area contributed by atoms with Gasteiger partial charge in [0.15, 0.2) is 0 Å². The van der Waals surface area contributed by atoms with E-state index < -0.39 is 0 Å². The third-order valence-corrected chi connectivity index (χ3v) is 5.10. The molecule has 122 valence electrons. The van der Waals surface area contributed by atoms with Crippen molar-refractivity contribution in [3.05, 3.63) is 53.4 Å². The summed E-state index contributed by atoms with van der Waals surface area (Å²) in [6.07, 6.45) is 7.53. The Bertz CT molecular complexity index is 857. The fraction of sp³-hybridized carbons (Fsp3) is 0.294. The highest BCUT2D eigenvalue weighted by Crippen LogP contribution is 2.33. The van der Waals surface area contributed by atoms with Gasteiger partial charge in [-0.1, -0.05) is 6.07 Å². The third-order valence-electron chi connectivity index (χ3n) is 4.23. The maximum absolute atomic E-state index is 12.9. The van der Waals surface area contributed by atoms with Crippen molar-refractivity contribution in [2.75, 3.05) is 6.54 Å². The Morgan fingerprint density at radius 2 is 2.29 bits per heavy atom. The van der Waals surface area contributed by atoms with E-state index in [9.17, 15) is 4.79 Å². The molecule has 0 aromatic carbocycles. The summed E-state index contributed by atoms with van der Waals surface area (Å²) in [6.45, 7) is 0.759. The smallest absolute Gasteiger partial charge is 0.273 e. The lowest BCUT2D eigenvalue weighted by Crippen LogP contribution is -2.30. The first-order valence-electron chi connectivity index (χ1n) is 7.89. The number of nitrogens with zero attached hydrogens (tertiary/aromatic N) is 5. The summed E-state index contributed by atoms with van der Waals surface area (Å²) in [5.74, 6) is -0.0141. The first-order chi connectivity index (χ1) is 11.7. The quantitative estimate of drug-likeness (QED) is 0.736. The lowest BCUT2D eigenvalue weighted by atomic mass is 10.1. The van der Waals surface area contributed by atoms with Gasteiger partial charge in [-0.3, -0.25) is 14.5 Å². The second kappa shape index (κ2) is 6.16. The molecule has 1 amide bonds. The molecule has 0 spiro atoms. The number of hydrogen-bond donors (Lipinski definition) is 0. The van der Waals surface area contributed by atoms with E-state index in [1.165, 1.54) is 11.3 Å². The number of amides is 1. The van der Waals surface area contributed by atoms with Crippen LogP contribution in [0, 0.1) is 0 Å². The van der Waals surface area contributed by atoms with Crippen molar-refractivity contribution in [2.24, 2.45) is 7.05 Å². The van der Waals surface area contributed by atoms with Crippen LogP contribution in [0.3, 0.4) is 0 Å². The van der Waals surface area contributed by atoms with Gasteiger partial charge >= 0.3 is 0 Å². The van der Waals surface area contributed by atoms with E-state index in [-0.39, 0.29) is 11.9 Å². The minimum Gasteiger partial charge on any atom is -0.330 e. The molecule has 7 heteroatoms. The molecule has 0 aliphatic carbocycles. The van der Waals surface area contributed by atoms with Crippen molar-refractivity contribution < 1.29 is 4.79 Å². The fourth-order valence-electron chi connectivity index (χ4n) is 3.09. The van der Waals surface area contributed by atoms with E-state index in [0.717, 1.165) is 35.7 Å². The standard InChI is InChI=1S/C17H17N5OS/c1-21-10-12(9-19-21)15-6-4-8-22(15)17(23)14-11-24-16(20-14)13-5-2-3-7-18-13/h2-3,5,7,9-11,15H,4,6,8H2,1H3/t15-/m1/s1. The highest BCUT2D eigenvalue weighted by molar-refractivity contribution is 7.13. The van der Waals surface area contributed by atoms with Crippen LogP contribution in [0.5, 0.6) is 0 Å². The minimum atomic E-state index is -0.0141. The summed E-state index contributed by atoms with van der Waals surface area (Å²) in [5, 5.41) is 6.83. The number of aryl methyl sites for hydroxylation is 1. The van der Waals surface area contributed by atoms with Gasteiger partial charge < -0.3 is 4.90 Å². The van der Waals surface area contributed by atoms with Crippen LogP contribution in [0.2, 0.25) is 0 Å². The van der Waals surface area contributed by atoms with Gasteiger partial charge in [0, 0.05) is 36.9 Å². The van der Waals surface area contributed by atoms with E-state index in [0.29, 0.717) is 5.69 Å². The first kappa shape index (κ1) is 15.0. The Morgan fingerprint density at radius 1 is 1.38 bits per heavy atom. The van der Waals surface area contributed by atoms with E-state index in [1.807, 2.05) is 47.9 Å². The van der Waals surface area contributed by atoms with Gasteiger partial charge in [-0.25, -0.2) is 4.98 Å². The number of carbonyl (C=O) groups is 1. The molecule has 24 heavy (non-hydrogen) atoms. The van der Waals surface area contributed by atoms with Gasteiger partial charge in [-0.2, -0.15) is 5.10 Å². The fourth-order valence-corrected chi connectivity index (χ4v) is 3.86. The SMILES string of the molecule is Cn1cc([C@H]2CCCN2C(=O)c2csc(-c3ccccn3)n2)cn1. The molecule has 0 radical (unpaired) electrons. The molecule has 0 bridgehead atoms. The molecular formula is C17H17N5OS. The zero-order valence-electron chi connectivity index (χ0n) is 13.3. The number of pyridine rings is 1. The number of rotatable bonds is 3. The minimum absolute atomic E-state index is 0.0141. The van der Waals surface area contributed by atoms with Gasteiger partial charge in [0.1, 0.15) is 10.7 Å². The molecule has 4 rings (SSSR count). The number of aromatic nitrogens is 4. The van der Waals surface area contributed by atoms with Crippen LogP contribution in [0.1, 0.15) is 34.9 Å². The van der Waals surface area contributed by atoms with Crippen molar-refractivity contribution in [3.63, 3.8) is 0 Å². The number of thiazole rings is 1. The van der Waals surface area contributed by atoms with Crippen LogP contribution >= 0.6 is 11.3 Å². The van der Waals surface area contributed by atoms with Crippen molar-refractivity contribution in [1.29, 1.82) is 0 Å². The van der Waals surface area contributed by atoms with E-state index in [2.05, 4.69) is 15.1 Å². The van der Waals surface area contributed by atoms with Crippen molar-refractivity contribution >= 4 is 17.2 Å². The topological polar surface area (TPSA) is 63.9 Å². The molecule has 0 saturated carbocycles. The van der Waals surface area contributed by atoms with Gasteiger partial charge in [-0.05, 0) is 25.0 Å². The molecule has 1 aliphatic heterocycles. The maximum Gasteiger partial charge on any atom is 0.273 e. The average molecular weight is 339 g/mol. The molecule has 3 aromatic heterocycles. The maximum atomic E-state index is 12.9. The highest BCUT2D eigenvalue weighted by Gasteiger charge is 2.32. The zero-order valence-corrected chi connectivity index (χ0v) is 14.1. The molecule has 1 atom stereocenters. The Kier molecular flexibility index (Phi) is 3.86. The van der Waals surface area contributed by atoms with Crippen molar-refractivity contribution in [3.8, 4) is 10.7 Å². The second-order valence-corrected chi connectivity index (χ2v) is 6.71. The van der Waals surface area contributed by atoms with Crippen LogP contribution in [-0.2, 0) is 7.05 Å². The molecule has 1 saturated heterocycles. The van der Waals surface area contributed by atoms with Gasteiger partial charge in [0.2, 0.25) is 0 Å².